The lowest BCUT2D eigenvalue weighted by Crippen LogP contribution is -2.23. The van der Waals surface area contributed by atoms with E-state index in [1.807, 2.05) is 13.2 Å². The first kappa shape index (κ1) is 11.0. The molecule has 1 heterocycles. The summed E-state index contributed by atoms with van der Waals surface area (Å²) in [4.78, 5) is 11.3. The highest BCUT2D eigenvalue weighted by molar-refractivity contribution is 8.24. The van der Waals surface area contributed by atoms with Crippen molar-refractivity contribution in [3.63, 3.8) is 0 Å². The molecule has 0 atom stereocenters. The van der Waals surface area contributed by atoms with Gasteiger partial charge in [-0.05, 0) is 12.7 Å². The molecule has 1 amide bonds. The van der Waals surface area contributed by atoms with Crippen LogP contribution in [0.1, 0.15) is 13.3 Å². The largest absolute Gasteiger partial charge is 0.272 e. The van der Waals surface area contributed by atoms with Crippen LogP contribution in [0.4, 0.5) is 0 Å². The van der Waals surface area contributed by atoms with Crippen LogP contribution in [0, 0.1) is 0 Å². The van der Waals surface area contributed by atoms with Crippen molar-refractivity contribution < 1.29 is 4.79 Å². The zero-order valence-electron chi connectivity index (χ0n) is 7.44. The third-order valence-electron chi connectivity index (χ3n) is 1.48. The Kier molecular flexibility index (Phi) is 4.21. The molecule has 13 heavy (non-hydrogen) atoms. The molecule has 0 unspecified atom stereocenters. The van der Waals surface area contributed by atoms with E-state index >= 15 is 0 Å². The average molecular weight is 234 g/mol. The minimum absolute atomic E-state index is 0.0185. The fourth-order valence-electron chi connectivity index (χ4n) is 0.812. The molecule has 0 bridgehead atoms. The molecule has 0 aliphatic carbocycles. The van der Waals surface area contributed by atoms with E-state index in [2.05, 4.69) is 5.10 Å². The van der Waals surface area contributed by atoms with Crippen LogP contribution in [-0.4, -0.2) is 32.3 Å². The van der Waals surface area contributed by atoms with Gasteiger partial charge in [-0.1, -0.05) is 30.9 Å². The standard InChI is InChI=1S/C7H10N2OS3/c1-3-5(12-2)8-9-6(10)4-13-7(9)11/h3-4H2,1-2H3. The highest BCUT2D eigenvalue weighted by Gasteiger charge is 2.26. The first-order valence-electron chi connectivity index (χ1n) is 3.80. The van der Waals surface area contributed by atoms with Gasteiger partial charge in [-0.25, -0.2) is 0 Å². The van der Waals surface area contributed by atoms with Crippen LogP contribution in [0.3, 0.4) is 0 Å². The number of thioether (sulfide) groups is 2. The van der Waals surface area contributed by atoms with Crippen LogP contribution in [0.25, 0.3) is 0 Å². The molecule has 0 aromatic rings. The second-order valence-corrected chi connectivity index (χ2v) is 4.80. The first-order valence-corrected chi connectivity index (χ1v) is 6.42. The molecule has 0 radical (unpaired) electrons. The first-order chi connectivity index (χ1) is 6.19. The van der Waals surface area contributed by atoms with Crippen molar-refractivity contribution in [3.8, 4) is 0 Å². The van der Waals surface area contributed by atoms with Crippen LogP contribution in [0.2, 0.25) is 0 Å². The lowest BCUT2D eigenvalue weighted by molar-refractivity contribution is -0.124. The van der Waals surface area contributed by atoms with Gasteiger partial charge in [0, 0.05) is 0 Å². The second kappa shape index (κ2) is 4.97. The molecule has 0 saturated carbocycles. The van der Waals surface area contributed by atoms with Crippen LogP contribution < -0.4 is 0 Å². The summed E-state index contributed by atoms with van der Waals surface area (Å²) in [5.74, 6) is 0.406. The van der Waals surface area contributed by atoms with E-state index in [0.717, 1.165) is 11.5 Å². The van der Waals surface area contributed by atoms with Crippen molar-refractivity contribution in [2.45, 2.75) is 13.3 Å². The smallest absolute Gasteiger partial charge is 0.259 e. The summed E-state index contributed by atoms with van der Waals surface area (Å²) >= 11 is 7.90. The Bertz CT molecular complexity index is 242. The molecule has 0 aromatic heterocycles. The number of hydrogen-bond acceptors (Lipinski definition) is 5. The van der Waals surface area contributed by atoms with Gasteiger partial charge in [0.2, 0.25) is 0 Å². The minimum Gasteiger partial charge on any atom is -0.272 e. The summed E-state index contributed by atoms with van der Waals surface area (Å²) in [6, 6.07) is 0. The number of amides is 1. The number of carbonyl (C=O) groups is 1. The van der Waals surface area contributed by atoms with Gasteiger partial charge in [0.15, 0.2) is 4.32 Å². The van der Waals surface area contributed by atoms with Gasteiger partial charge in [-0.15, -0.1) is 11.8 Å². The van der Waals surface area contributed by atoms with Gasteiger partial charge in [0.1, 0.15) is 0 Å². The molecule has 1 saturated heterocycles. The Morgan fingerprint density at radius 2 is 2.54 bits per heavy atom. The fourth-order valence-corrected chi connectivity index (χ4v) is 2.22. The van der Waals surface area contributed by atoms with Crippen LogP contribution in [-0.2, 0) is 4.79 Å². The molecule has 1 aliphatic rings. The highest BCUT2D eigenvalue weighted by atomic mass is 32.2. The Balaban J connectivity index is 2.76. The van der Waals surface area contributed by atoms with E-state index in [0.29, 0.717) is 10.1 Å². The zero-order chi connectivity index (χ0) is 9.84. The Hall–Kier alpha value is -0.0700. The Labute approximate surface area is 91.3 Å². The molecule has 6 heteroatoms. The fraction of sp³-hybridized carbons (Fsp3) is 0.571. The van der Waals surface area contributed by atoms with Gasteiger partial charge in [0.05, 0.1) is 10.8 Å². The number of hydrogen-bond donors (Lipinski definition) is 0. The van der Waals surface area contributed by atoms with E-state index in [1.165, 1.54) is 16.8 Å². The number of hydrazone groups is 1. The highest BCUT2D eigenvalue weighted by Crippen LogP contribution is 2.20. The normalized spacial score (nSPS) is 18.6. The molecule has 0 aromatic carbocycles. The summed E-state index contributed by atoms with van der Waals surface area (Å²) in [5.41, 5.74) is 0. The van der Waals surface area contributed by atoms with Crippen molar-refractivity contribution in [1.29, 1.82) is 0 Å². The van der Waals surface area contributed by atoms with Crippen molar-refractivity contribution in [2.24, 2.45) is 5.10 Å². The Morgan fingerprint density at radius 1 is 1.85 bits per heavy atom. The average Bonchev–Trinajstić information content (AvgIpc) is 2.44. The molecule has 1 fully saturated rings. The number of nitrogens with zero attached hydrogens (tertiary/aromatic N) is 2. The third kappa shape index (κ3) is 2.69. The summed E-state index contributed by atoms with van der Waals surface area (Å²) < 4.78 is 0.560. The second-order valence-electron chi connectivity index (χ2n) is 2.31. The van der Waals surface area contributed by atoms with Gasteiger partial charge in [-0.2, -0.15) is 10.1 Å². The third-order valence-corrected chi connectivity index (χ3v) is 3.66. The SMILES string of the molecule is CCC(=NN1C(=O)CSC1=S)SC. The van der Waals surface area contributed by atoms with Crippen molar-refractivity contribution in [2.75, 3.05) is 12.0 Å². The van der Waals surface area contributed by atoms with Gasteiger partial charge >= 0.3 is 0 Å². The Morgan fingerprint density at radius 3 is 2.92 bits per heavy atom. The van der Waals surface area contributed by atoms with Crippen molar-refractivity contribution in [3.05, 3.63) is 0 Å². The van der Waals surface area contributed by atoms with E-state index in [1.54, 1.807) is 11.8 Å². The van der Waals surface area contributed by atoms with Gasteiger partial charge in [-0.3, -0.25) is 4.79 Å². The maximum Gasteiger partial charge on any atom is 0.259 e. The van der Waals surface area contributed by atoms with Gasteiger partial charge in [0.25, 0.3) is 5.91 Å². The molecular formula is C7H10N2OS3. The maximum atomic E-state index is 11.3. The molecule has 1 rings (SSSR count). The van der Waals surface area contributed by atoms with Gasteiger partial charge < -0.3 is 0 Å². The molecule has 72 valence electrons. The number of thiocarbonyl (C=S) groups is 1. The number of rotatable bonds is 2. The predicted molar refractivity (Wildman–Crippen MR) is 63.1 cm³/mol. The lowest BCUT2D eigenvalue weighted by atomic mass is 10.5. The van der Waals surface area contributed by atoms with Crippen LogP contribution in [0.15, 0.2) is 5.10 Å². The summed E-state index contributed by atoms with van der Waals surface area (Å²) in [5, 5.41) is 6.43. The summed E-state index contributed by atoms with van der Waals surface area (Å²) in [6.45, 7) is 2.01. The lowest BCUT2D eigenvalue weighted by Gasteiger charge is -2.09. The van der Waals surface area contributed by atoms with E-state index in [4.69, 9.17) is 12.2 Å². The van der Waals surface area contributed by atoms with Crippen molar-refractivity contribution in [1.82, 2.24) is 5.01 Å². The molecule has 0 N–H and O–H groups in total. The summed E-state index contributed by atoms with van der Waals surface area (Å²) in [6.07, 6.45) is 2.78. The van der Waals surface area contributed by atoms with Crippen LogP contribution in [0.5, 0.6) is 0 Å². The van der Waals surface area contributed by atoms with E-state index in [9.17, 15) is 4.79 Å². The van der Waals surface area contributed by atoms with Crippen molar-refractivity contribution >= 4 is 51.0 Å². The zero-order valence-corrected chi connectivity index (χ0v) is 9.89. The minimum atomic E-state index is -0.0185. The van der Waals surface area contributed by atoms with E-state index < -0.39 is 0 Å². The molecule has 1 aliphatic heterocycles. The quantitative estimate of drug-likeness (QED) is 0.415. The summed E-state index contributed by atoms with van der Waals surface area (Å²) in [7, 11) is 0. The van der Waals surface area contributed by atoms with Crippen LogP contribution >= 0.6 is 35.7 Å². The van der Waals surface area contributed by atoms with E-state index in [-0.39, 0.29) is 5.91 Å². The molecule has 3 nitrogen and oxygen atoms in total. The predicted octanol–water partition coefficient (Wildman–Crippen LogP) is 1.93. The topological polar surface area (TPSA) is 32.7 Å². The monoisotopic (exact) mass is 234 g/mol. The maximum absolute atomic E-state index is 11.3. The molecular weight excluding hydrogens is 224 g/mol. The number of carbonyl (C=O) groups excluding carboxylic acids is 1. The molecule has 0 spiro atoms.